The molecular weight excluding hydrogens is 290 g/mol. The standard InChI is InChI=1S/C10H12F3N3.2ClH/c11-10(12,13)8-4-7(5-15-6-8)9-2-1-3-16(9)14;;/h4-6,9H,1-3,14H2;2*1H/t9-;;/m1../s1. The van der Waals surface area contributed by atoms with Gasteiger partial charge in [0, 0.05) is 18.9 Å². The van der Waals surface area contributed by atoms with Crippen LogP contribution in [0.15, 0.2) is 18.5 Å². The number of aromatic nitrogens is 1. The average Bonchev–Trinajstić information content (AvgIpc) is 2.63. The largest absolute Gasteiger partial charge is 0.417 e. The van der Waals surface area contributed by atoms with E-state index in [1.807, 2.05) is 0 Å². The van der Waals surface area contributed by atoms with Crippen molar-refractivity contribution in [3.63, 3.8) is 0 Å². The van der Waals surface area contributed by atoms with Crippen molar-refractivity contribution in [3.05, 3.63) is 29.6 Å². The van der Waals surface area contributed by atoms with E-state index in [1.165, 1.54) is 6.20 Å². The Morgan fingerprint density at radius 3 is 2.44 bits per heavy atom. The molecule has 0 bridgehead atoms. The highest BCUT2D eigenvalue weighted by atomic mass is 35.5. The molecule has 1 aliphatic heterocycles. The van der Waals surface area contributed by atoms with Gasteiger partial charge in [-0.05, 0) is 24.5 Å². The summed E-state index contributed by atoms with van der Waals surface area (Å²) in [6.45, 7) is 0.709. The predicted molar refractivity (Wildman–Crippen MR) is 66.6 cm³/mol. The van der Waals surface area contributed by atoms with Gasteiger partial charge in [-0.25, -0.2) is 5.01 Å². The predicted octanol–water partition coefficient (Wildman–Crippen LogP) is 2.95. The van der Waals surface area contributed by atoms with Crippen molar-refractivity contribution >= 4 is 24.8 Å². The van der Waals surface area contributed by atoms with Crippen LogP contribution in [-0.4, -0.2) is 16.5 Å². The summed E-state index contributed by atoms with van der Waals surface area (Å²) in [5.74, 6) is 5.69. The van der Waals surface area contributed by atoms with Gasteiger partial charge in [-0.15, -0.1) is 24.8 Å². The van der Waals surface area contributed by atoms with E-state index in [4.69, 9.17) is 5.84 Å². The zero-order valence-corrected chi connectivity index (χ0v) is 11.0. The van der Waals surface area contributed by atoms with Crippen LogP contribution in [-0.2, 0) is 6.18 Å². The normalized spacial score (nSPS) is 20.1. The zero-order chi connectivity index (χ0) is 11.8. The molecule has 1 fully saturated rings. The van der Waals surface area contributed by atoms with Gasteiger partial charge in [0.2, 0.25) is 0 Å². The summed E-state index contributed by atoms with van der Waals surface area (Å²) >= 11 is 0. The molecule has 0 unspecified atom stereocenters. The number of nitrogens with zero attached hydrogens (tertiary/aromatic N) is 2. The van der Waals surface area contributed by atoms with Gasteiger partial charge in [-0.1, -0.05) is 0 Å². The molecule has 1 aliphatic rings. The first-order chi connectivity index (χ1) is 7.48. The van der Waals surface area contributed by atoms with E-state index >= 15 is 0 Å². The highest BCUT2D eigenvalue weighted by molar-refractivity contribution is 5.85. The SMILES string of the molecule is Cl.Cl.NN1CCC[C@@H]1c1cncc(C(F)(F)F)c1. The van der Waals surface area contributed by atoms with Crippen molar-refractivity contribution in [2.24, 2.45) is 5.84 Å². The van der Waals surface area contributed by atoms with E-state index in [1.54, 1.807) is 5.01 Å². The first-order valence-electron chi connectivity index (χ1n) is 5.02. The molecule has 18 heavy (non-hydrogen) atoms. The molecule has 1 atom stereocenters. The Morgan fingerprint density at radius 2 is 1.94 bits per heavy atom. The third-order valence-electron chi connectivity index (χ3n) is 2.77. The Kier molecular flexibility index (Phi) is 6.36. The molecule has 0 aliphatic carbocycles. The smallest absolute Gasteiger partial charge is 0.268 e. The highest BCUT2D eigenvalue weighted by Gasteiger charge is 2.32. The molecule has 1 aromatic rings. The molecular formula is C10H14Cl2F3N3. The summed E-state index contributed by atoms with van der Waals surface area (Å²) in [4.78, 5) is 3.63. The maximum atomic E-state index is 12.5. The van der Waals surface area contributed by atoms with Crippen LogP contribution in [0.2, 0.25) is 0 Å². The summed E-state index contributed by atoms with van der Waals surface area (Å²) in [6, 6.07) is 0.984. The van der Waals surface area contributed by atoms with Crippen LogP contribution in [0.1, 0.15) is 30.0 Å². The third-order valence-corrected chi connectivity index (χ3v) is 2.77. The minimum atomic E-state index is -4.35. The van der Waals surface area contributed by atoms with Gasteiger partial charge in [0.25, 0.3) is 0 Å². The summed E-state index contributed by atoms with van der Waals surface area (Å²) in [7, 11) is 0. The van der Waals surface area contributed by atoms with E-state index in [2.05, 4.69) is 4.98 Å². The van der Waals surface area contributed by atoms with Crippen molar-refractivity contribution in [1.29, 1.82) is 0 Å². The third kappa shape index (κ3) is 3.71. The molecule has 2 heterocycles. The Labute approximate surface area is 115 Å². The van der Waals surface area contributed by atoms with Gasteiger partial charge in [0.05, 0.1) is 11.6 Å². The van der Waals surface area contributed by atoms with Gasteiger partial charge in [0.15, 0.2) is 0 Å². The number of halogens is 5. The lowest BCUT2D eigenvalue weighted by Gasteiger charge is -2.19. The topological polar surface area (TPSA) is 42.1 Å². The number of alkyl halides is 3. The van der Waals surface area contributed by atoms with Crippen LogP contribution >= 0.6 is 24.8 Å². The molecule has 1 aromatic heterocycles. The van der Waals surface area contributed by atoms with Crippen LogP contribution in [0.25, 0.3) is 0 Å². The summed E-state index contributed by atoms with van der Waals surface area (Å²) in [5.41, 5.74) is -0.180. The second kappa shape index (κ2) is 6.56. The lowest BCUT2D eigenvalue weighted by Crippen LogP contribution is -2.30. The maximum absolute atomic E-state index is 12.5. The van der Waals surface area contributed by atoms with E-state index in [0.717, 1.165) is 25.1 Å². The molecule has 1 saturated heterocycles. The monoisotopic (exact) mass is 303 g/mol. The Bertz CT molecular complexity index is 387. The first kappa shape index (κ1) is 17.4. The van der Waals surface area contributed by atoms with Crippen molar-refractivity contribution < 1.29 is 13.2 Å². The fourth-order valence-corrected chi connectivity index (χ4v) is 1.94. The lowest BCUT2D eigenvalue weighted by molar-refractivity contribution is -0.137. The molecule has 104 valence electrons. The first-order valence-corrected chi connectivity index (χ1v) is 5.02. The molecule has 2 N–H and O–H groups in total. The second-order valence-corrected chi connectivity index (χ2v) is 3.90. The van der Waals surface area contributed by atoms with Gasteiger partial charge in [-0.2, -0.15) is 13.2 Å². The second-order valence-electron chi connectivity index (χ2n) is 3.90. The molecule has 3 nitrogen and oxygen atoms in total. The number of pyridine rings is 1. The summed E-state index contributed by atoms with van der Waals surface area (Å²) in [6.07, 6.45) is -0.387. The highest BCUT2D eigenvalue weighted by Crippen LogP contribution is 2.33. The average molecular weight is 304 g/mol. The van der Waals surface area contributed by atoms with Crippen LogP contribution in [0.4, 0.5) is 13.2 Å². The van der Waals surface area contributed by atoms with Crippen molar-refractivity contribution in [1.82, 2.24) is 9.99 Å². The van der Waals surface area contributed by atoms with Crippen molar-refractivity contribution in [2.45, 2.75) is 25.1 Å². The van der Waals surface area contributed by atoms with Crippen molar-refractivity contribution in [2.75, 3.05) is 6.54 Å². The van der Waals surface area contributed by atoms with Gasteiger partial charge >= 0.3 is 6.18 Å². The molecule has 0 saturated carbocycles. The molecule has 8 heteroatoms. The molecule has 0 aromatic carbocycles. The molecule has 2 rings (SSSR count). The minimum absolute atomic E-state index is 0. The van der Waals surface area contributed by atoms with Crippen LogP contribution < -0.4 is 5.84 Å². The number of hydrogen-bond acceptors (Lipinski definition) is 3. The van der Waals surface area contributed by atoms with Gasteiger partial charge < -0.3 is 0 Å². The fourth-order valence-electron chi connectivity index (χ4n) is 1.94. The number of rotatable bonds is 1. The van der Waals surface area contributed by atoms with Crippen LogP contribution in [0, 0.1) is 0 Å². The number of hydrazine groups is 1. The van der Waals surface area contributed by atoms with E-state index < -0.39 is 11.7 Å². The summed E-state index contributed by atoms with van der Waals surface area (Å²) < 4.78 is 37.4. The molecule has 0 radical (unpaired) electrons. The van der Waals surface area contributed by atoms with Crippen LogP contribution in [0.5, 0.6) is 0 Å². The minimum Gasteiger partial charge on any atom is -0.268 e. The quantitative estimate of drug-likeness (QED) is 0.811. The molecule has 0 amide bonds. The molecule has 0 spiro atoms. The van der Waals surface area contributed by atoms with Gasteiger partial charge in [0.1, 0.15) is 0 Å². The van der Waals surface area contributed by atoms with E-state index in [0.29, 0.717) is 12.1 Å². The Morgan fingerprint density at radius 1 is 1.28 bits per heavy atom. The zero-order valence-electron chi connectivity index (χ0n) is 9.35. The fraction of sp³-hybridized carbons (Fsp3) is 0.500. The summed E-state index contributed by atoms with van der Waals surface area (Å²) in [5, 5.41) is 1.57. The van der Waals surface area contributed by atoms with E-state index in [9.17, 15) is 13.2 Å². The van der Waals surface area contributed by atoms with Crippen LogP contribution in [0.3, 0.4) is 0 Å². The van der Waals surface area contributed by atoms with E-state index in [-0.39, 0.29) is 30.9 Å². The van der Waals surface area contributed by atoms with Gasteiger partial charge in [-0.3, -0.25) is 10.8 Å². The number of hydrogen-bond donors (Lipinski definition) is 1. The maximum Gasteiger partial charge on any atom is 0.417 e. The van der Waals surface area contributed by atoms with Crippen molar-refractivity contribution in [3.8, 4) is 0 Å². The Balaban J connectivity index is 0.00000144. The lowest BCUT2D eigenvalue weighted by atomic mass is 10.1. The Hall–Kier alpha value is -0.560. The number of nitrogens with two attached hydrogens (primary N) is 1.